The Kier molecular flexibility index (Phi) is 6.93. The standard InChI is InChI=1S/C22H24N2O4S/c1-15(25)28-18-6-4-5-17(13-18)22(27)24-11-9-16(10-12-24)14-23-21(26)19-7-2-3-8-20(19)29/h2-8,13,16,29H,9-12,14H2,1H3,(H,23,26). The lowest BCUT2D eigenvalue weighted by Crippen LogP contribution is -2.41. The summed E-state index contributed by atoms with van der Waals surface area (Å²) in [5.41, 5.74) is 1.07. The summed E-state index contributed by atoms with van der Waals surface area (Å²) >= 11 is 4.32. The zero-order valence-electron chi connectivity index (χ0n) is 16.3. The molecule has 0 aliphatic carbocycles. The number of likely N-dealkylation sites (tertiary alicyclic amines) is 1. The molecular weight excluding hydrogens is 388 g/mol. The van der Waals surface area contributed by atoms with Crippen molar-refractivity contribution in [3.63, 3.8) is 0 Å². The summed E-state index contributed by atoms with van der Waals surface area (Å²) in [6.07, 6.45) is 1.64. The fourth-order valence-corrected chi connectivity index (χ4v) is 3.64. The highest BCUT2D eigenvalue weighted by Gasteiger charge is 2.24. The van der Waals surface area contributed by atoms with Crippen LogP contribution in [0.5, 0.6) is 5.75 Å². The molecule has 0 spiro atoms. The van der Waals surface area contributed by atoms with Gasteiger partial charge in [-0.25, -0.2) is 0 Å². The molecule has 0 aromatic heterocycles. The highest BCUT2D eigenvalue weighted by molar-refractivity contribution is 7.80. The van der Waals surface area contributed by atoms with E-state index < -0.39 is 5.97 Å². The molecule has 0 atom stereocenters. The number of ether oxygens (including phenoxy) is 1. The number of hydrogen-bond donors (Lipinski definition) is 2. The molecule has 1 fully saturated rings. The molecule has 0 radical (unpaired) electrons. The maximum absolute atomic E-state index is 12.7. The molecule has 2 aromatic rings. The number of rotatable bonds is 5. The molecule has 1 heterocycles. The molecule has 1 aliphatic rings. The van der Waals surface area contributed by atoms with Gasteiger partial charge < -0.3 is 15.0 Å². The quantitative estimate of drug-likeness (QED) is 0.449. The summed E-state index contributed by atoms with van der Waals surface area (Å²) in [6.45, 7) is 3.15. The molecule has 2 aromatic carbocycles. The summed E-state index contributed by atoms with van der Waals surface area (Å²) in [5, 5.41) is 2.97. The molecule has 0 saturated carbocycles. The third-order valence-corrected chi connectivity index (χ3v) is 5.33. The minimum Gasteiger partial charge on any atom is -0.427 e. The van der Waals surface area contributed by atoms with Gasteiger partial charge in [0.2, 0.25) is 0 Å². The smallest absolute Gasteiger partial charge is 0.308 e. The summed E-state index contributed by atoms with van der Waals surface area (Å²) in [4.78, 5) is 38.6. The zero-order chi connectivity index (χ0) is 20.8. The summed E-state index contributed by atoms with van der Waals surface area (Å²) < 4.78 is 5.05. The lowest BCUT2D eigenvalue weighted by molar-refractivity contribution is -0.131. The second-order valence-electron chi connectivity index (χ2n) is 7.08. The number of hydrogen-bond acceptors (Lipinski definition) is 5. The Hall–Kier alpha value is -2.80. The van der Waals surface area contributed by atoms with E-state index in [0.29, 0.717) is 47.3 Å². The van der Waals surface area contributed by atoms with Crippen LogP contribution in [0.2, 0.25) is 0 Å². The molecule has 1 N–H and O–H groups in total. The molecule has 0 bridgehead atoms. The molecule has 1 aliphatic heterocycles. The van der Waals surface area contributed by atoms with Gasteiger partial charge in [0.1, 0.15) is 5.75 Å². The van der Waals surface area contributed by atoms with Gasteiger partial charge in [-0.3, -0.25) is 14.4 Å². The largest absolute Gasteiger partial charge is 0.427 e. The number of amides is 2. The van der Waals surface area contributed by atoms with Crippen LogP contribution in [0, 0.1) is 5.92 Å². The first kappa shape index (κ1) is 20.9. The number of piperidine rings is 1. The van der Waals surface area contributed by atoms with Gasteiger partial charge in [-0.15, -0.1) is 12.6 Å². The molecule has 29 heavy (non-hydrogen) atoms. The second-order valence-corrected chi connectivity index (χ2v) is 7.57. The van der Waals surface area contributed by atoms with Crippen molar-refractivity contribution in [2.75, 3.05) is 19.6 Å². The second kappa shape index (κ2) is 9.60. The number of nitrogens with one attached hydrogen (secondary N) is 1. The van der Waals surface area contributed by atoms with Gasteiger partial charge in [0.05, 0.1) is 5.56 Å². The molecule has 3 rings (SSSR count). The molecule has 6 nitrogen and oxygen atoms in total. The first-order valence-electron chi connectivity index (χ1n) is 9.58. The first-order chi connectivity index (χ1) is 13.9. The number of esters is 1. The highest BCUT2D eigenvalue weighted by atomic mass is 32.1. The molecule has 2 amide bonds. The molecule has 1 saturated heterocycles. The fourth-order valence-electron chi connectivity index (χ4n) is 3.38. The van der Waals surface area contributed by atoms with Gasteiger partial charge in [-0.05, 0) is 49.1 Å². The average Bonchev–Trinajstić information content (AvgIpc) is 2.72. The van der Waals surface area contributed by atoms with E-state index in [2.05, 4.69) is 17.9 Å². The maximum atomic E-state index is 12.7. The Bertz CT molecular complexity index is 907. The van der Waals surface area contributed by atoms with Crippen molar-refractivity contribution in [3.05, 3.63) is 59.7 Å². The van der Waals surface area contributed by atoms with Gasteiger partial charge in [0, 0.05) is 37.0 Å². The Morgan fingerprint density at radius 2 is 1.83 bits per heavy atom. The predicted molar refractivity (Wildman–Crippen MR) is 112 cm³/mol. The minimum atomic E-state index is -0.419. The molecular formula is C22H24N2O4S. The number of thiol groups is 1. The van der Waals surface area contributed by atoms with E-state index in [-0.39, 0.29) is 11.8 Å². The van der Waals surface area contributed by atoms with Gasteiger partial charge in [-0.1, -0.05) is 18.2 Å². The van der Waals surface area contributed by atoms with Crippen molar-refractivity contribution >= 4 is 30.4 Å². The zero-order valence-corrected chi connectivity index (χ0v) is 17.2. The van der Waals surface area contributed by atoms with Gasteiger partial charge in [0.25, 0.3) is 11.8 Å². The topological polar surface area (TPSA) is 75.7 Å². The van der Waals surface area contributed by atoms with Crippen LogP contribution in [0.15, 0.2) is 53.4 Å². The van der Waals surface area contributed by atoms with Gasteiger partial charge >= 0.3 is 5.97 Å². The monoisotopic (exact) mass is 412 g/mol. The van der Waals surface area contributed by atoms with E-state index in [1.165, 1.54) is 6.92 Å². The Labute approximate surface area is 175 Å². The van der Waals surface area contributed by atoms with Crippen LogP contribution in [-0.4, -0.2) is 42.3 Å². The third kappa shape index (κ3) is 5.60. The SMILES string of the molecule is CC(=O)Oc1cccc(C(=O)N2CCC(CNC(=O)c3ccccc3S)CC2)c1. The van der Waals surface area contributed by atoms with Crippen molar-refractivity contribution < 1.29 is 19.1 Å². The average molecular weight is 413 g/mol. The third-order valence-electron chi connectivity index (χ3n) is 4.94. The van der Waals surface area contributed by atoms with Crippen LogP contribution >= 0.6 is 12.6 Å². The highest BCUT2D eigenvalue weighted by Crippen LogP contribution is 2.21. The summed E-state index contributed by atoms with van der Waals surface area (Å²) in [6, 6.07) is 13.9. The van der Waals surface area contributed by atoms with Gasteiger partial charge in [0.15, 0.2) is 0 Å². The van der Waals surface area contributed by atoms with Crippen LogP contribution in [0.1, 0.15) is 40.5 Å². The van der Waals surface area contributed by atoms with Crippen molar-refractivity contribution in [1.82, 2.24) is 10.2 Å². The van der Waals surface area contributed by atoms with E-state index in [4.69, 9.17) is 4.74 Å². The van der Waals surface area contributed by atoms with Crippen LogP contribution in [0.4, 0.5) is 0 Å². The van der Waals surface area contributed by atoms with Crippen molar-refractivity contribution in [2.24, 2.45) is 5.92 Å². The van der Waals surface area contributed by atoms with Crippen molar-refractivity contribution in [2.45, 2.75) is 24.7 Å². The summed E-state index contributed by atoms with van der Waals surface area (Å²) in [5.74, 6) is 0.0627. The van der Waals surface area contributed by atoms with E-state index in [9.17, 15) is 14.4 Å². The number of carbonyl (C=O) groups excluding carboxylic acids is 3. The van der Waals surface area contributed by atoms with E-state index in [0.717, 1.165) is 12.8 Å². The van der Waals surface area contributed by atoms with E-state index in [1.807, 2.05) is 12.1 Å². The maximum Gasteiger partial charge on any atom is 0.308 e. The van der Waals surface area contributed by atoms with Crippen molar-refractivity contribution in [1.29, 1.82) is 0 Å². The predicted octanol–water partition coefficient (Wildman–Crippen LogP) is 3.18. The molecule has 152 valence electrons. The van der Waals surface area contributed by atoms with Crippen LogP contribution in [-0.2, 0) is 4.79 Å². The van der Waals surface area contributed by atoms with Crippen LogP contribution < -0.4 is 10.1 Å². The fraction of sp³-hybridized carbons (Fsp3) is 0.318. The van der Waals surface area contributed by atoms with Crippen molar-refractivity contribution in [3.8, 4) is 5.75 Å². The Morgan fingerprint density at radius 1 is 1.10 bits per heavy atom. The lowest BCUT2D eigenvalue weighted by Gasteiger charge is -2.32. The number of carbonyl (C=O) groups is 3. The Balaban J connectivity index is 1.50. The van der Waals surface area contributed by atoms with E-state index in [1.54, 1.807) is 41.3 Å². The van der Waals surface area contributed by atoms with Gasteiger partial charge in [-0.2, -0.15) is 0 Å². The minimum absolute atomic E-state index is 0.0783. The Morgan fingerprint density at radius 3 is 2.52 bits per heavy atom. The first-order valence-corrected chi connectivity index (χ1v) is 10.0. The van der Waals surface area contributed by atoms with Crippen LogP contribution in [0.25, 0.3) is 0 Å². The van der Waals surface area contributed by atoms with Crippen LogP contribution in [0.3, 0.4) is 0 Å². The number of benzene rings is 2. The lowest BCUT2D eigenvalue weighted by atomic mass is 9.96. The normalized spacial score (nSPS) is 14.3. The molecule has 7 heteroatoms. The number of nitrogens with zero attached hydrogens (tertiary/aromatic N) is 1. The summed E-state index contributed by atoms with van der Waals surface area (Å²) in [7, 11) is 0. The van der Waals surface area contributed by atoms with E-state index >= 15 is 0 Å². The molecule has 0 unspecified atom stereocenters.